The highest BCUT2D eigenvalue weighted by atomic mass is 32.1. The molecule has 1 fully saturated rings. The maximum atomic E-state index is 12.0. The molecule has 0 bridgehead atoms. The van der Waals surface area contributed by atoms with Crippen molar-refractivity contribution in [3.63, 3.8) is 0 Å². The molecule has 0 saturated carbocycles. The van der Waals surface area contributed by atoms with Crippen LogP contribution < -0.4 is 19.7 Å². The summed E-state index contributed by atoms with van der Waals surface area (Å²) in [5.41, 5.74) is 5.21. The van der Waals surface area contributed by atoms with Crippen LogP contribution in [-0.4, -0.2) is 40.0 Å². The number of para-hydroxylation sites is 1. The number of carboxylic acids is 1. The van der Waals surface area contributed by atoms with Gasteiger partial charge in [-0.1, -0.05) is 18.2 Å². The maximum absolute atomic E-state index is 12.0. The van der Waals surface area contributed by atoms with E-state index >= 15 is 0 Å². The Hall–Kier alpha value is -4.37. The van der Waals surface area contributed by atoms with Crippen molar-refractivity contribution in [1.82, 2.24) is 14.9 Å². The Kier molecular flexibility index (Phi) is 6.77. The number of aryl methyl sites for hydroxylation is 1. The molecule has 9 heteroatoms. The summed E-state index contributed by atoms with van der Waals surface area (Å²) < 4.78 is 13.2. The molecule has 0 aliphatic carbocycles. The number of anilines is 1. The Labute approximate surface area is 226 Å². The fraction of sp³-hybridized carbons (Fsp3) is 0.207. The first-order valence-corrected chi connectivity index (χ1v) is 12.5. The second kappa shape index (κ2) is 10.2. The number of nitrogens with one attached hydrogen (secondary N) is 1. The van der Waals surface area contributed by atoms with Crippen molar-refractivity contribution in [2.24, 2.45) is 0 Å². The molecular weight excluding hydrogens is 500 g/mol. The first-order chi connectivity index (χ1) is 18.3. The van der Waals surface area contributed by atoms with E-state index in [0.717, 1.165) is 28.3 Å². The lowest BCUT2D eigenvalue weighted by Crippen LogP contribution is -2.30. The number of hydrogen-bond donors (Lipinski definition) is 2. The Morgan fingerprint density at radius 2 is 1.76 bits per heavy atom. The summed E-state index contributed by atoms with van der Waals surface area (Å²) >= 11 is 5.90. The van der Waals surface area contributed by atoms with Gasteiger partial charge in [0.05, 0.1) is 48.9 Å². The minimum Gasteiger partial charge on any atom is -0.497 e. The van der Waals surface area contributed by atoms with Gasteiger partial charge in [-0.3, -0.25) is 4.98 Å². The maximum Gasteiger partial charge on any atom is 0.337 e. The van der Waals surface area contributed by atoms with Crippen molar-refractivity contribution in [3.05, 3.63) is 101 Å². The molecule has 1 saturated heterocycles. The van der Waals surface area contributed by atoms with E-state index in [2.05, 4.69) is 16.4 Å². The van der Waals surface area contributed by atoms with Crippen molar-refractivity contribution < 1.29 is 19.4 Å². The number of carboxylic acid groups (broad SMARTS) is 1. The zero-order valence-corrected chi connectivity index (χ0v) is 22.3. The van der Waals surface area contributed by atoms with Crippen LogP contribution >= 0.6 is 12.2 Å². The molecule has 0 spiro atoms. The number of ether oxygens (including phenoxy) is 2. The predicted octanol–water partition coefficient (Wildman–Crippen LogP) is 5.38. The monoisotopic (exact) mass is 528 g/mol. The first kappa shape index (κ1) is 25.3. The van der Waals surface area contributed by atoms with Crippen molar-refractivity contribution >= 4 is 29.0 Å². The Morgan fingerprint density at radius 3 is 2.45 bits per heavy atom. The van der Waals surface area contributed by atoms with Gasteiger partial charge in [0, 0.05) is 23.7 Å². The topological polar surface area (TPSA) is 88.9 Å². The zero-order chi connectivity index (χ0) is 27.0. The van der Waals surface area contributed by atoms with Crippen LogP contribution in [0.15, 0.2) is 72.9 Å². The number of methoxy groups -OCH3 is 2. The summed E-state index contributed by atoms with van der Waals surface area (Å²) in [4.78, 5) is 18.7. The largest absolute Gasteiger partial charge is 0.497 e. The average molecular weight is 529 g/mol. The summed E-state index contributed by atoms with van der Waals surface area (Å²) in [5, 5.41) is 13.9. The smallest absolute Gasteiger partial charge is 0.337 e. The van der Waals surface area contributed by atoms with Gasteiger partial charge in [0.1, 0.15) is 11.5 Å². The van der Waals surface area contributed by atoms with Gasteiger partial charge in [0.15, 0.2) is 5.11 Å². The third kappa shape index (κ3) is 4.24. The van der Waals surface area contributed by atoms with E-state index in [-0.39, 0.29) is 17.6 Å². The summed E-state index contributed by atoms with van der Waals surface area (Å²) in [6.45, 7) is 3.97. The van der Waals surface area contributed by atoms with Crippen molar-refractivity contribution in [3.8, 4) is 17.2 Å². The van der Waals surface area contributed by atoms with Crippen molar-refractivity contribution in [2.45, 2.75) is 25.9 Å². The number of benzene rings is 2. The molecular formula is C29H28N4O4S. The summed E-state index contributed by atoms with van der Waals surface area (Å²) in [5.74, 6) is 0.337. The molecule has 1 aliphatic rings. The van der Waals surface area contributed by atoms with E-state index in [1.807, 2.05) is 71.8 Å². The van der Waals surface area contributed by atoms with Gasteiger partial charge in [0.2, 0.25) is 0 Å². The fourth-order valence-corrected chi connectivity index (χ4v) is 5.56. The first-order valence-electron chi connectivity index (χ1n) is 12.1. The number of rotatable bonds is 7. The highest BCUT2D eigenvalue weighted by molar-refractivity contribution is 7.80. The van der Waals surface area contributed by atoms with E-state index in [1.54, 1.807) is 32.5 Å². The van der Waals surface area contributed by atoms with Gasteiger partial charge in [-0.2, -0.15) is 0 Å². The van der Waals surface area contributed by atoms with E-state index in [1.165, 1.54) is 0 Å². The van der Waals surface area contributed by atoms with Crippen LogP contribution in [-0.2, 0) is 0 Å². The van der Waals surface area contributed by atoms with Gasteiger partial charge in [-0.15, -0.1) is 0 Å². The van der Waals surface area contributed by atoms with Crippen molar-refractivity contribution in [2.75, 3.05) is 19.1 Å². The Bertz CT molecular complexity index is 1520. The normalized spacial score (nSPS) is 16.8. The summed E-state index contributed by atoms with van der Waals surface area (Å²) in [6.07, 6.45) is 1.76. The lowest BCUT2D eigenvalue weighted by Gasteiger charge is -2.29. The molecule has 38 heavy (non-hydrogen) atoms. The number of aromatic nitrogens is 2. The number of pyridine rings is 1. The van der Waals surface area contributed by atoms with Crippen molar-refractivity contribution in [1.29, 1.82) is 0 Å². The molecule has 2 atom stereocenters. The standard InChI is InChI=1S/C29H28N4O4S/c1-17-15-21(18(2)32(17)23-11-6-5-9-20(23)28(34)35)27-26(22-10-7-8-14-30-22)31-29(38)33(27)24-16-19(36-3)12-13-25(24)37-4/h5-16,26-27H,1-4H3,(H,31,38)(H,34,35)/t26-,27-/m0/s1. The number of carbonyl (C=O) groups is 1. The quantitative estimate of drug-likeness (QED) is 0.309. The van der Waals surface area contributed by atoms with E-state index < -0.39 is 5.97 Å². The molecule has 0 amide bonds. The number of aromatic carboxylic acids is 1. The van der Waals surface area contributed by atoms with Crippen LogP contribution in [0.5, 0.6) is 11.5 Å². The third-order valence-electron chi connectivity index (χ3n) is 6.91. The van der Waals surface area contributed by atoms with E-state index in [0.29, 0.717) is 22.3 Å². The van der Waals surface area contributed by atoms with Crippen LogP contribution in [0.25, 0.3) is 5.69 Å². The number of hydrogen-bond acceptors (Lipinski definition) is 5. The molecule has 8 nitrogen and oxygen atoms in total. The molecule has 2 aromatic heterocycles. The lowest BCUT2D eigenvalue weighted by atomic mass is 9.96. The molecule has 3 heterocycles. The SMILES string of the molecule is COc1ccc(OC)c(N2C(=S)N[C@@H](c3ccccn3)[C@@H]2c2cc(C)n(-c3ccccc3C(=O)O)c2C)c1. The van der Waals surface area contributed by atoms with Crippen LogP contribution in [0, 0.1) is 13.8 Å². The number of thiocarbonyl (C=S) groups is 1. The van der Waals surface area contributed by atoms with Crippen LogP contribution in [0.1, 0.15) is 45.1 Å². The van der Waals surface area contributed by atoms with E-state index in [9.17, 15) is 9.90 Å². The van der Waals surface area contributed by atoms with Gasteiger partial charge in [-0.25, -0.2) is 4.79 Å². The summed E-state index contributed by atoms with van der Waals surface area (Å²) in [6, 6.07) is 19.9. The minimum absolute atomic E-state index is 0.230. The highest BCUT2D eigenvalue weighted by Crippen LogP contribution is 2.47. The Morgan fingerprint density at radius 1 is 1.00 bits per heavy atom. The van der Waals surface area contributed by atoms with Gasteiger partial charge in [0.25, 0.3) is 0 Å². The molecule has 0 radical (unpaired) electrons. The molecule has 2 N–H and O–H groups in total. The number of nitrogens with zero attached hydrogens (tertiary/aromatic N) is 3. The van der Waals surface area contributed by atoms with Gasteiger partial charge in [-0.05, 0) is 74.1 Å². The van der Waals surface area contributed by atoms with Gasteiger partial charge < -0.3 is 29.4 Å². The molecule has 1 aliphatic heterocycles. The van der Waals surface area contributed by atoms with Crippen LogP contribution in [0.2, 0.25) is 0 Å². The predicted molar refractivity (Wildman–Crippen MR) is 150 cm³/mol. The molecule has 2 aromatic carbocycles. The zero-order valence-electron chi connectivity index (χ0n) is 21.5. The fourth-order valence-electron chi connectivity index (χ4n) is 5.22. The second-order valence-corrected chi connectivity index (χ2v) is 9.41. The second-order valence-electron chi connectivity index (χ2n) is 9.02. The molecule has 0 unspecified atom stereocenters. The Balaban J connectivity index is 1.74. The average Bonchev–Trinajstić information content (AvgIpc) is 3.43. The third-order valence-corrected chi connectivity index (χ3v) is 7.22. The molecule has 5 rings (SSSR count). The van der Waals surface area contributed by atoms with Crippen LogP contribution in [0.3, 0.4) is 0 Å². The minimum atomic E-state index is -0.979. The lowest BCUT2D eigenvalue weighted by molar-refractivity contribution is 0.0697. The summed E-state index contributed by atoms with van der Waals surface area (Å²) in [7, 11) is 3.24. The van der Waals surface area contributed by atoms with Crippen LogP contribution in [0.4, 0.5) is 5.69 Å². The van der Waals surface area contributed by atoms with E-state index in [4.69, 9.17) is 21.7 Å². The highest BCUT2D eigenvalue weighted by Gasteiger charge is 2.43. The van der Waals surface area contributed by atoms with Gasteiger partial charge >= 0.3 is 5.97 Å². The molecule has 4 aromatic rings. The molecule has 194 valence electrons.